The molecular weight excluding hydrogens is 412 g/mol. The molecule has 0 saturated carbocycles. The average molecular weight is 441 g/mol. The Morgan fingerprint density at radius 1 is 0.765 bits per heavy atom. The Kier molecular flexibility index (Phi) is 6.22. The Labute approximate surface area is 201 Å². The average Bonchev–Trinajstić information content (AvgIpc) is 2.86. The van der Waals surface area contributed by atoms with Crippen LogP contribution in [0.15, 0.2) is 109 Å². The minimum Gasteiger partial charge on any atom is -0.381 e. The summed E-state index contributed by atoms with van der Waals surface area (Å²) in [6.45, 7) is 4.97. The quantitative estimate of drug-likeness (QED) is 0.288. The molecule has 0 amide bonds. The zero-order valence-electron chi connectivity index (χ0n) is 19.6. The van der Waals surface area contributed by atoms with E-state index in [-0.39, 0.29) is 0 Å². The van der Waals surface area contributed by atoms with Gasteiger partial charge in [0.2, 0.25) is 0 Å². The summed E-state index contributed by atoms with van der Waals surface area (Å²) in [5.41, 5.74) is 10.6. The van der Waals surface area contributed by atoms with Crippen molar-refractivity contribution in [3.63, 3.8) is 0 Å². The van der Waals surface area contributed by atoms with Crippen LogP contribution < -0.4 is 5.32 Å². The van der Waals surface area contributed by atoms with E-state index >= 15 is 0 Å². The molecule has 0 saturated heterocycles. The number of para-hydroxylation sites is 2. The van der Waals surface area contributed by atoms with Crippen LogP contribution in [0.4, 0.5) is 5.69 Å². The second-order valence-corrected chi connectivity index (χ2v) is 8.74. The topological polar surface area (TPSA) is 24.9 Å². The van der Waals surface area contributed by atoms with Gasteiger partial charge in [0.15, 0.2) is 0 Å². The number of aryl methyl sites for hydroxylation is 2. The highest BCUT2D eigenvalue weighted by Crippen LogP contribution is 2.36. The number of fused-ring (bicyclic) bond motifs is 1. The van der Waals surface area contributed by atoms with Crippen molar-refractivity contribution < 1.29 is 0 Å². The van der Waals surface area contributed by atoms with E-state index in [1.807, 2.05) is 12.3 Å². The molecule has 0 fully saturated rings. The first-order chi connectivity index (χ1) is 16.7. The molecule has 166 valence electrons. The SMILES string of the molecule is Cc1cccc(/C=C(\CNc2ccccc2)c2cnc3ccccc3c2-c2cccc(C)c2)c1. The van der Waals surface area contributed by atoms with E-state index in [2.05, 4.69) is 122 Å². The third-order valence-electron chi connectivity index (χ3n) is 6.07. The van der Waals surface area contributed by atoms with Crippen molar-refractivity contribution in [2.45, 2.75) is 13.8 Å². The van der Waals surface area contributed by atoms with Gasteiger partial charge in [0, 0.05) is 34.9 Å². The Morgan fingerprint density at radius 2 is 1.50 bits per heavy atom. The number of benzene rings is 4. The van der Waals surface area contributed by atoms with Crippen molar-refractivity contribution in [3.8, 4) is 11.1 Å². The molecule has 1 heterocycles. The van der Waals surface area contributed by atoms with Crippen LogP contribution in [0, 0.1) is 13.8 Å². The van der Waals surface area contributed by atoms with Gasteiger partial charge in [-0.1, -0.05) is 96.1 Å². The van der Waals surface area contributed by atoms with E-state index in [0.717, 1.165) is 16.8 Å². The fraction of sp³-hybridized carbons (Fsp3) is 0.0938. The van der Waals surface area contributed by atoms with Crippen LogP contribution in [0.5, 0.6) is 0 Å². The highest BCUT2D eigenvalue weighted by Gasteiger charge is 2.15. The molecule has 0 aliphatic rings. The van der Waals surface area contributed by atoms with Crippen LogP contribution in [0.1, 0.15) is 22.3 Å². The summed E-state index contributed by atoms with van der Waals surface area (Å²) in [4.78, 5) is 4.86. The van der Waals surface area contributed by atoms with Crippen LogP contribution in [-0.2, 0) is 0 Å². The van der Waals surface area contributed by atoms with Gasteiger partial charge in [-0.2, -0.15) is 0 Å². The van der Waals surface area contributed by atoms with E-state index in [9.17, 15) is 0 Å². The Balaban J connectivity index is 1.71. The molecule has 0 atom stereocenters. The molecule has 0 aliphatic carbocycles. The second-order valence-electron chi connectivity index (χ2n) is 8.74. The third-order valence-corrected chi connectivity index (χ3v) is 6.07. The number of hydrogen-bond acceptors (Lipinski definition) is 2. The van der Waals surface area contributed by atoms with Crippen molar-refractivity contribution in [1.82, 2.24) is 4.98 Å². The standard InChI is InChI=1S/C32H28N2/c1-23-10-8-12-25(18-23)20-27(21-33-28-14-4-3-5-15-28)30-22-34-31-17-7-6-16-29(31)32(30)26-13-9-11-24(2)19-26/h3-20,22,33H,21H2,1-2H3/b27-20+. The van der Waals surface area contributed by atoms with Gasteiger partial charge in [-0.3, -0.25) is 4.98 Å². The van der Waals surface area contributed by atoms with Gasteiger partial charge in [-0.15, -0.1) is 0 Å². The summed E-state index contributed by atoms with van der Waals surface area (Å²) >= 11 is 0. The zero-order valence-corrected chi connectivity index (χ0v) is 19.6. The summed E-state index contributed by atoms with van der Waals surface area (Å²) in [6.07, 6.45) is 4.32. The number of nitrogens with zero attached hydrogens (tertiary/aromatic N) is 1. The predicted octanol–water partition coefficient (Wildman–Crippen LogP) is 8.17. The maximum absolute atomic E-state index is 4.86. The van der Waals surface area contributed by atoms with Gasteiger partial charge in [0.1, 0.15) is 0 Å². The normalized spacial score (nSPS) is 11.5. The van der Waals surface area contributed by atoms with E-state index < -0.39 is 0 Å². The van der Waals surface area contributed by atoms with Crippen molar-refractivity contribution in [1.29, 1.82) is 0 Å². The van der Waals surface area contributed by atoms with Crippen LogP contribution in [0.3, 0.4) is 0 Å². The molecule has 1 aromatic heterocycles. The highest BCUT2D eigenvalue weighted by atomic mass is 14.9. The number of nitrogens with one attached hydrogen (secondary N) is 1. The maximum Gasteiger partial charge on any atom is 0.0708 e. The number of hydrogen-bond donors (Lipinski definition) is 1. The van der Waals surface area contributed by atoms with Gasteiger partial charge in [0.05, 0.1) is 5.52 Å². The van der Waals surface area contributed by atoms with Crippen molar-refractivity contribution >= 4 is 28.2 Å². The molecule has 0 aliphatic heterocycles. The first-order valence-electron chi connectivity index (χ1n) is 11.7. The molecule has 5 rings (SSSR count). The molecule has 1 N–H and O–H groups in total. The fourth-order valence-corrected chi connectivity index (χ4v) is 4.43. The van der Waals surface area contributed by atoms with Crippen LogP contribution >= 0.6 is 0 Å². The second kappa shape index (κ2) is 9.76. The largest absolute Gasteiger partial charge is 0.381 e. The number of aromatic nitrogens is 1. The lowest BCUT2D eigenvalue weighted by Gasteiger charge is -2.18. The predicted molar refractivity (Wildman–Crippen MR) is 146 cm³/mol. The van der Waals surface area contributed by atoms with Crippen LogP contribution in [0.2, 0.25) is 0 Å². The van der Waals surface area contributed by atoms with Gasteiger partial charge in [-0.05, 0) is 54.8 Å². The Hall–Kier alpha value is -4.17. The van der Waals surface area contributed by atoms with Crippen LogP contribution in [0.25, 0.3) is 33.7 Å². The van der Waals surface area contributed by atoms with E-state index in [4.69, 9.17) is 4.98 Å². The molecule has 34 heavy (non-hydrogen) atoms. The summed E-state index contributed by atoms with van der Waals surface area (Å²) in [7, 11) is 0. The summed E-state index contributed by atoms with van der Waals surface area (Å²) < 4.78 is 0. The summed E-state index contributed by atoms with van der Waals surface area (Å²) in [5, 5.41) is 4.79. The zero-order chi connectivity index (χ0) is 23.3. The molecule has 0 bridgehead atoms. The monoisotopic (exact) mass is 440 g/mol. The minimum atomic E-state index is 0.691. The van der Waals surface area contributed by atoms with Gasteiger partial charge in [-0.25, -0.2) is 0 Å². The van der Waals surface area contributed by atoms with E-state index in [0.29, 0.717) is 6.54 Å². The third kappa shape index (κ3) is 4.77. The minimum absolute atomic E-state index is 0.691. The van der Waals surface area contributed by atoms with E-state index in [1.165, 1.54) is 38.8 Å². The summed E-state index contributed by atoms with van der Waals surface area (Å²) in [5.74, 6) is 0. The smallest absolute Gasteiger partial charge is 0.0708 e. The molecule has 2 heteroatoms. The molecule has 0 spiro atoms. The molecule has 0 radical (unpaired) electrons. The Morgan fingerprint density at radius 3 is 2.29 bits per heavy atom. The van der Waals surface area contributed by atoms with Crippen LogP contribution in [-0.4, -0.2) is 11.5 Å². The number of rotatable bonds is 6. The number of pyridine rings is 1. The first-order valence-corrected chi connectivity index (χ1v) is 11.7. The molecule has 2 nitrogen and oxygen atoms in total. The lowest BCUT2D eigenvalue weighted by Crippen LogP contribution is -2.06. The van der Waals surface area contributed by atoms with Crippen molar-refractivity contribution in [3.05, 3.63) is 132 Å². The molecule has 5 aromatic rings. The van der Waals surface area contributed by atoms with E-state index in [1.54, 1.807) is 0 Å². The number of anilines is 1. The van der Waals surface area contributed by atoms with Crippen molar-refractivity contribution in [2.75, 3.05) is 11.9 Å². The maximum atomic E-state index is 4.86. The first kappa shape index (κ1) is 21.7. The lowest BCUT2D eigenvalue weighted by atomic mass is 9.90. The highest BCUT2D eigenvalue weighted by molar-refractivity contribution is 6.02. The summed E-state index contributed by atoms with van der Waals surface area (Å²) in [6, 6.07) is 36.2. The Bertz CT molecular complexity index is 1470. The fourth-order valence-electron chi connectivity index (χ4n) is 4.43. The molecular formula is C32H28N2. The molecule has 4 aromatic carbocycles. The van der Waals surface area contributed by atoms with Crippen molar-refractivity contribution in [2.24, 2.45) is 0 Å². The van der Waals surface area contributed by atoms with Gasteiger partial charge in [0.25, 0.3) is 0 Å². The lowest BCUT2D eigenvalue weighted by molar-refractivity contribution is 1.31. The van der Waals surface area contributed by atoms with Gasteiger partial charge < -0.3 is 5.32 Å². The molecule has 0 unspecified atom stereocenters. The van der Waals surface area contributed by atoms with Gasteiger partial charge >= 0.3 is 0 Å².